The lowest BCUT2D eigenvalue weighted by Gasteiger charge is -2.10. The van der Waals surface area contributed by atoms with Crippen LogP contribution in [-0.4, -0.2) is 44.5 Å². The molecular weight excluding hydrogens is 482 g/mol. The molecule has 0 aliphatic carbocycles. The van der Waals surface area contributed by atoms with E-state index in [-0.39, 0.29) is 11.7 Å². The van der Waals surface area contributed by atoms with Crippen LogP contribution in [0.5, 0.6) is 0 Å². The molecule has 35 heavy (non-hydrogen) atoms. The Bertz CT molecular complexity index is 1360. The van der Waals surface area contributed by atoms with Crippen LogP contribution in [0.3, 0.4) is 0 Å². The number of aromatic nitrogens is 4. The van der Waals surface area contributed by atoms with Crippen molar-refractivity contribution in [1.82, 2.24) is 19.7 Å². The van der Waals surface area contributed by atoms with Crippen molar-refractivity contribution in [1.29, 1.82) is 0 Å². The van der Waals surface area contributed by atoms with Crippen molar-refractivity contribution >= 4 is 40.0 Å². The molecule has 180 valence electrons. The molecular formula is C25H25N5O3S2. The Morgan fingerprint density at radius 3 is 2.69 bits per heavy atom. The average molecular weight is 508 g/mol. The summed E-state index contributed by atoms with van der Waals surface area (Å²) in [6.07, 6.45) is 1.71. The molecule has 0 unspecified atom stereocenters. The Kier molecular flexibility index (Phi) is 7.62. The molecule has 0 saturated heterocycles. The van der Waals surface area contributed by atoms with Gasteiger partial charge in [0.2, 0.25) is 5.91 Å². The number of anilines is 1. The van der Waals surface area contributed by atoms with Gasteiger partial charge < -0.3 is 14.6 Å². The van der Waals surface area contributed by atoms with E-state index < -0.39 is 5.97 Å². The SMILES string of the molecule is CCn1c(SCC(=O)Nc2scc(-c3cc(C)ccc3C)c2C(=O)OC)nnc1-c1ccccn1. The molecule has 0 saturated carbocycles. The van der Waals surface area contributed by atoms with Crippen LogP contribution in [0.15, 0.2) is 53.1 Å². The number of ether oxygens (including phenoxy) is 1. The zero-order valence-electron chi connectivity index (χ0n) is 19.9. The molecule has 1 amide bonds. The van der Waals surface area contributed by atoms with Gasteiger partial charge in [0.25, 0.3) is 0 Å². The lowest BCUT2D eigenvalue weighted by atomic mass is 9.97. The number of nitrogens with one attached hydrogen (secondary N) is 1. The third-order valence-electron chi connectivity index (χ3n) is 5.38. The molecule has 0 bridgehead atoms. The van der Waals surface area contributed by atoms with Gasteiger partial charge >= 0.3 is 5.97 Å². The summed E-state index contributed by atoms with van der Waals surface area (Å²) in [5.74, 6) is 0.0216. The Balaban J connectivity index is 1.53. The van der Waals surface area contributed by atoms with Gasteiger partial charge in [-0.25, -0.2) is 4.79 Å². The fraction of sp³-hybridized carbons (Fsp3) is 0.240. The number of pyridine rings is 1. The summed E-state index contributed by atoms with van der Waals surface area (Å²) < 4.78 is 6.96. The van der Waals surface area contributed by atoms with E-state index in [9.17, 15) is 9.59 Å². The van der Waals surface area contributed by atoms with Crippen molar-refractivity contribution in [3.05, 3.63) is 64.7 Å². The van der Waals surface area contributed by atoms with Crippen molar-refractivity contribution in [3.63, 3.8) is 0 Å². The normalized spacial score (nSPS) is 10.9. The molecule has 10 heteroatoms. The van der Waals surface area contributed by atoms with Gasteiger partial charge in [-0.3, -0.25) is 9.78 Å². The second kappa shape index (κ2) is 10.8. The van der Waals surface area contributed by atoms with E-state index in [0.29, 0.717) is 28.1 Å². The summed E-state index contributed by atoms with van der Waals surface area (Å²) in [7, 11) is 1.34. The zero-order chi connectivity index (χ0) is 24.9. The summed E-state index contributed by atoms with van der Waals surface area (Å²) >= 11 is 2.58. The molecule has 4 aromatic rings. The van der Waals surface area contributed by atoms with Gasteiger partial charge in [0.05, 0.1) is 12.9 Å². The van der Waals surface area contributed by atoms with Crippen molar-refractivity contribution in [3.8, 4) is 22.6 Å². The maximum absolute atomic E-state index is 12.8. The Hall–Kier alpha value is -3.50. The van der Waals surface area contributed by atoms with E-state index in [4.69, 9.17) is 4.74 Å². The van der Waals surface area contributed by atoms with Crippen LogP contribution < -0.4 is 5.32 Å². The maximum atomic E-state index is 12.8. The first kappa shape index (κ1) is 24.6. The number of carbonyl (C=O) groups is 2. The summed E-state index contributed by atoms with van der Waals surface area (Å²) in [4.78, 5) is 29.9. The third-order valence-corrected chi connectivity index (χ3v) is 7.24. The number of hydrogen-bond donors (Lipinski definition) is 1. The van der Waals surface area contributed by atoms with Crippen LogP contribution >= 0.6 is 23.1 Å². The maximum Gasteiger partial charge on any atom is 0.341 e. The van der Waals surface area contributed by atoms with E-state index in [1.165, 1.54) is 30.2 Å². The van der Waals surface area contributed by atoms with Gasteiger partial charge in [-0.15, -0.1) is 21.5 Å². The standard InChI is InChI=1S/C25H25N5O3S2/c1-5-30-22(19-8-6-7-11-26-19)28-29-25(30)35-14-20(31)27-23-21(24(32)33-4)18(13-34-23)17-12-15(2)9-10-16(17)3/h6-13H,5,14H2,1-4H3,(H,27,31). The Morgan fingerprint density at radius 1 is 1.14 bits per heavy atom. The Labute approximate surface area is 211 Å². The van der Waals surface area contributed by atoms with Crippen LogP contribution in [0.2, 0.25) is 0 Å². The number of thiophene rings is 1. The van der Waals surface area contributed by atoms with E-state index in [2.05, 4.69) is 20.5 Å². The predicted molar refractivity (Wildman–Crippen MR) is 139 cm³/mol. The number of nitrogens with zero attached hydrogens (tertiary/aromatic N) is 4. The smallest absolute Gasteiger partial charge is 0.341 e. The van der Waals surface area contributed by atoms with E-state index in [1.54, 1.807) is 6.20 Å². The highest BCUT2D eigenvalue weighted by Gasteiger charge is 2.24. The largest absolute Gasteiger partial charge is 0.465 e. The molecule has 4 rings (SSSR count). The first-order valence-electron chi connectivity index (χ1n) is 11.0. The minimum Gasteiger partial charge on any atom is -0.465 e. The van der Waals surface area contributed by atoms with Crippen molar-refractivity contribution in [2.45, 2.75) is 32.5 Å². The molecule has 1 N–H and O–H groups in total. The fourth-order valence-corrected chi connectivity index (χ4v) is 5.40. The lowest BCUT2D eigenvalue weighted by molar-refractivity contribution is -0.113. The summed E-state index contributed by atoms with van der Waals surface area (Å²) in [5.41, 5.74) is 4.89. The van der Waals surface area contributed by atoms with Gasteiger partial charge in [-0.2, -0.15) is 0 Å². The third kappa shape index (κ3) is 5.28. The van der Waals surface area contributed by atoms with Gasteiger partial charge in [0.1, 0.15) is 16.3 Å². The van der Waals surface area contributed by atoms with Gasteiger partial charge in [0.15, 0.2) is 11.0 Å². The minimum absolute atomic E-state index is 0.109. The number of esters is 1. The molecule has 3 heterocycles. The highest BCUT2D eigenvalue weighted by atomic mass is 32.2. The van der Waals surface area contributed by atoms with E-state index in [0.717, 1.165) is 27.9 Å². The van der Waals surface area contributed by atoms with Crippen LogP contribution in [-0.2, 0) is 16.1 Å². The highest BCUT2D eigenvalue weighted by molar-refractivity contribution is 7.99. The molecule has 0 radical (unpaired) electrons. The zero-order valence-corrected chi connectivity index (χ0v) is 21.5. The van der Waals surface area contributed by atoms with Crippen LogP contribution in [0.1, 0.15) is 28.4 Å². The predicted octanol–water partition coefficient (Wildman–Crippen LogP) is 5.22. The number of aryl methyl sites for hydroxylation is 2. The first-order valence-corrected chi connectivity index (χ1v) is 12.8. The van der Waals surface area contributed by atoms with Gasteiger partial charge in [-0.05, 0) is 44.0 Å². The van der Waals surface area contributed by atoms with Crippen LogP contribution in [0.4, 0.5) is 5.00 Å². The topological polar surface area (TPSA) is 99.0 Å². The van der Waals surface area contributed by atoms with Crippen LogP contribution in [0.25, 0.3) is 22.6 Å². The number of benzene rings is 1. The second-order valence-corrected chi connectivity index (χ2v) is 9.59. The molecule has 3 aromatic heterocycles. The Morgan fingerprint density at radius 2 is 1.97 bits per heavy atom. The van der Waals surface area contributed by atoms with Gasteiger partial charge in [0, 0.05) is 23.7 Å². The van der Waals surface area contributed by atoms with Crippen molar-refractivity contribution in [2.75, 3.05) is 18.2 Å². The fourth-order valence-electron chi connectivity index (χ4n) is 3.64. The molecule has 0 spiro atoms. The number of methoxy groups -OCH3 is 1. The number of thioether (sulfide) groups is 1. The quantitative estimate of drug-likeness (QED) is 0.258. The van der Waals surface area contributed by atoms with Crippen molar-refractivity contribution in [2.24, 2.45) is 0 Å². The molecule has 0 aliphatic heterocycles. The average Bonchev–Trinajstić information content (AvgIpc) is 3.48. The number of hydrogen-bond acceptors (Lipinski definition) is 8. The molecule has 0 fully saturated rings. The number of carbonyl (C=O) groups excluding carboxylic acids is 2. The molecule has 1 aromatic carbocycles. The molecule has 0 aliphatic rings. The monoisotopic (exact) mass is 507 g/mol. The summed E-state index contributed by atoms with van der Waals surface area (Å²) in [5, 5.41) is 14.4. The minimum atomic E-state index is -0.490. The second-order valence-electron chi connectivity index (χ2n) is 7.77. The lowest BCUT2D eigenvalue weighted by Crippen LogP contribution is -2.16. The van der Waals surface area contributed by atoms with Crippen molar-refractivity contribution < 1.29 is 14.3 Å². The van der Waals surface area contributed by atoms with E-state index >= 15 is 0 Å². The van der Waals surface area contributed by atoms with Crippen LogP contribution in [0, 0.1) is 13.8 Å². The van der Waals surface area contributed by atoms with E-state index in [1.807, 2.05) is 67.1 Å². The van der Waals surface area contributed by atoms with Gasteiger partial charge in [-0.1, -0.05) is 41.6 Å². The highest BCUT2D eigenvalue weighted by Crippen LogP contribution is 2.38. The number of rotatable bonds is 8. The molecule has 8 nitrogen and oxygen atoms in total. The molecule has 0 atom stereocenters. The number of amides is 1. The summed E-state index contributed by atoms with van der Waals surface area (Å²) in [6.45, 7) is 6.62. The summed E-state index contributed by atoms with van der Waals surface area (Å²) in [6, 6.07) is 11.7. The first-order chi connectivity index (χ1) is 16.9.